The summed E-state index contributed by atoms with van der Waals surface area (Å²) in [6, 6.07) is 13.6. The number of hydrogen-bond donors (Lipinski definition) is 0. The number of rotatable bonds is 4. The second-order valence-corrected chi connectivity index (χ2v) is 4.87. The highest BCUT2D eigenvalue weighted by atomic mass is 16.1. The van der Waals surface area contributed by atoms with Crippen LogP contribution in [0.4, 0.5) is 0 Å². The Kier molecular flexibility index (Phi) is 4.31. The fraction of sp³-hybridized carbons (Fsp3) is 0.105. The lowest BCUT2D eigenvalue weighted by atomic mass is 10.0. The predicted molar refractivity (Wildman–Crippen MR) is 85.8 cm³/mol. The van der Waals surface area contributed by atoms with Crippen molar-refractivity contribution in [1.29, 1.82) is 0 Å². The third kappa shape index (κ3) is 3.33. The minimum absolute atomic E-state index is 0.0128. The van der Waals surface area contributed by atoms with Crippen molar-refractivity contribution in [1.82, 2.24) is 0 Å². The highest BCUT2D eigenvalue weighted by molar-refractivity contribution is 6.06. The fourth-order valence-corrected chi connectivity index (χ4v) is 1.92. The monoisotopic (exact) mass is 262 g/mol. The molecule has 1 heteroatoms. The Labute approximate surface area is 120 Å². The molecule has 0 spiro atoms. The molecule has 0 unspecified atom stereocenters. The molecule has 0 atom stereocenters. The lowest BCUT2D eigenvalue weighted by Crippen LogP contribution is -1.93. The molecule has 2 aromatic carbocycles. The van der Waals surface area contributed by atoms with Crippen molar-refractivity contribution in [3.63, 3.8) is 0 Å². The van der Waals surface area contributed by atoms with Crippen LogP contribution in [0.3, 0.4) is 0 Å². The Morgan fingerprint density at radius 1 is 0.950 bits per heavy atom. The van der Waals surface area contributed by atoms with Gasteiger partial charge in [0.2, 0.25) is 0 Å². The van der Waals surface area contributed by atoms with Gasteiger partial charge >= 0.3 is 0 Å². The van der Waals surface area contributed by atoms with E-state index in [0.29, 0.717) is 5.56 Å². The van der Waals surface area contributed by atoms with Crippen LogP contribution in [-0.2, 0) is 0 Å². The first kappa shape index (κ1) is 14.0. The predicted octanol–water partition coefficient (Wildman–Crippen LogP) is 4.84. The van der Waals surface area contributed by atoms with E-state index in [-0.39, 0.29) is 5.78 Å². The Morgan fingerprint density at radius 2 is 1.60 bits per heavy atom. The van der Waals surface area contributed by atoms with Crippen molar-refractivity contribution >= 4 is 17.9 Å². The molecule has 0 aliphatic rings. The molecule has 0 aliphatic carbocycles. The largest absolute Gasteiger partial charge is 0.289 e. The molecule has 0 aliphatic heterocycles. The topological polar surface area (TPSA) is 17.1 Å². The fourth-order valence-electron chi connectivity index (χ4n) is 1.92. The maximum absolute atomic E-state index is 12.1. The van der Waals surface area contributed by atoms with Gasteiger partial charge in [0.15, 0.2) is 5.78 Å². The molecule has 0 fully saturated rings. The summed E-state index contributed by atoms with van der Waals surface area (Å²) >= 11 is 0. The number of carbonyl (C=O) groups excluding carboxylic acids is 1. The summed E-state index contributed by atoms with van der Waals surface area (Å²) < 4.78 is 0. The zero-order valence-electron chi connectivity index (χ0n) is 11.9. The average molecular weight is 262 g/mol. The molecule has 2 rings (SSSR count). The van der Waals surface area contributed by atoms with Gasteiger partial charge in [0.25, 0.3) is 0 Å². The SMILES string of the molecule is C=Cc1ccc(C(=O)C=Cc2ccc(C)c(C)c2)cc1. The summed E-state index contributed by atoms with van der Waals surface area (Å²) in [6.07, 6.45) is 5.24. The summed E-state index contributed by atoms with van der Waals surface area (Å²) in [5.41, 5.74) is 5.24. The molecule has 0 radical (unpaired) electrons. The van der Waals surface area contributed by atoms with Crippen LogP contribution in [0.2, 0.25) is 0 Å². The molecule has 100 valence electrons. The van der Waals surface area contributed by atoms with E-state index in [4.69, 9.17) is 0 Å². The van der Waals surface area contributed by atoms with E-state index in [0.717, 1.165) is 11.1 Å². The van der Waals surface area contributed by atoms with Gasteiger partial charge in [-0.15, -0.1) is 0 Å². The molecule has 0 aromatic heterocycles. The Balaban J connectivity index is 2.15. The van der Waals surface area contributed by atoms with Gasteiger partial charge < -0.3 is 0 Å². The van der Waals surface area contributed by atoms with Gasteiger partial charge in [-0.2, -0.15) is 0 Å². The summed E-state index contributed by atoms with van der Waals surface area (Å²) in [6.45, 7) is 7.85. The molecule has 20 heavy (non-hydrogen) atoms. The highest BCUT2D eigenvalue weighted by Crippen LogP contribution is 2.12. The van der Waals surface area contributed by atoms with Crippen LogP contribution in [0.1, 0.15) is 32.6 Å². The van der Waals surface area contributed by atoms with Gasteiger partial charge in [-0.1, -0.05) is 61.2 Å². The molecule has 0 N–H and O–H groups in total. The molecule has 2 aromatic rings. The Hall–Kier alpha value is -2.41. The molecule has 0 saturated carbocycles. The molecule has 0 heterocycles. The zero-order valence-corrected chi connectivity index (χ0v) is 11.9. The summed E-state index contributed by atoms with van der Waals surface area (Å²) in [5.74, 6) is 0.0128. The van der Waals surface area contributed by atoms with Crippen molar-refractivity contribution in [2.75, 3.05) is 0 Å². The van der Waals surface area contributed by atoms with Gasteiger partial charge in [0, 0.05) is 5.56 Å². The minimum Gasteiger partial charge on any atom is -0.289 e. The van der Waals surface area contributed by atoms with Crippen LogP contribution in [0, 0.1) is 13.8 Å². The van der Waals surface area contributed by atoms with Crippen LogP contribution in [0.25, 0.3) is 12.2 Å². The van der Waals surface area contributed by atoms with E-state index in [2.05, 4.69) is 32.6 Å². The lowest BCUT2D eigenvalue weighted by molar-refractivity contribution is 0.104. The van der Waals surface area contributed by atoms with Crippen LogP contribution in [-0.4, -0.2) is 5.78 Å². The van der Waals surface area contributed by atoms with Crippen LogP contribution in [0.5, 0.6) is 0 Å². The zero-order chi connectivity index (χ0) is 14.5. The molecule has 0 amide bonds. The number of hydrogen-bond acceptors (Lipinski definition) is 1. The standard InChI is InChI=1S/C19H18O/c1-4-16-7-10-18(11-8-16)19(20)12-9-17-6-5-14(2)15(3)13-17/h4-13H,1H2,2-3H3. The second kappa shape index (κ2) is 6.16. The Bertz CT molecular complexity index is 661. The highest BCUT2D eigenvalue weighted by Gasteiger charge is 2.01. The first-order valence-electron chi connectivity index (χ1n) is 6.62. The number of ketones is 1. The first-order valence-corrected chi connectivity index (χ1v) is 6.62. The maximum atomic E-state index is 12.1. The van der Waals surface area contributed by atoms with Gasteiger partial charge in [-0.25, -0.2) is 0 Å². The lowest BCUT2D eigenvalue weighted by Gasteiger charge is -2.01. The third-order valence-corrected chi connectivity index (χ3v) is 3.39. The van der Waals surface area contributed by atoms with Crippen molar-refractivity contribution in [2.45, 2.75) is 13.8 Å². The van der Waals surface area contributed by atoms with E-state index < -0.39 is 0 Å². The molecule has 0 saturated heterocycles. The quantitative estimate of drug-likeness (QED) is 0.569. The summed E-state index contributed by atoms with van der Waals surface area (Å²) in [7, 11) is 0. The van der Waals surface area contributed by atoms with Crippen molar-refractivity contribution in [3.05, 3.63) is 82.9 Å². The van der Waals surface area contributed by atoms with E-state index in [1.807, 2.05) is 36.4 Å². The Morgan fingerprint density at radius 3 is 2.20 bits per heavy atom. The first-order chi connectivity index (χ1) is 9.60. The summed E-state index contributed by atoms with van der Waals surface area (Å²) in [5, 5.41) is 0. The van der Waals surface area contributed by atoms with E-state index in [9.17, 15) is 4.79 Å². The molecular formula is C19H18O. The van der Waals surface area contributed by atoms with Crippen molar-refractivity contribution in [3.8, 4) is 0 Å². The van der Waals surface area contributed by atoms with Gasteiger partial charge in [-0.05, 0) is 42.2 Å². The molecule has 1 nitrogen and oxygen atoms in total. The second-order valence-electron chi connectivity index (χ2n) is 4.87. The molecule has 0 bridgehead atoms. The van der Waals surface area contributed by atoms with Gasteiger partial charge in [0.05, 0.1) is 0 Å². The molecular weight excluding hydrogens is 244 g/mol. The van der Waals surface area contributed by atoms with Crippen molar-refractivity contribution in [2.24, 2.45) is 0 Å². The minimum atomic E-state index is 0.0128. The number of carbonyl (C=O) groups is 1. The number of allylic oxidation sites excluding steroid dienone is 1. The summed E-state index contributed by atoms with van der Waals surface area (Å²) in [4.78, 5) is 12.1. The maximum Gasteiger partial charge on any atom is 0.185 e. The third-order valence-electron chi connectivity index (χ3n) is 3.39. The van der Waals surface area contributed by atoms with E-state index in [1.54, 1.807) is 12.2 Å². The van der Waals surface area contributed by atoms with Gasteiger partial charge in [0.1, 0.15) is 0 Å². The van der Waals surface area contributed by atoms with E-state index >= 15 is 0 Å². The number of benzene rings is 2. The van der Waals surface area contributed by atoms with Crippen molar-refractivity contribution < 1.29 is 4.79 Å². The number of aryl methyl sites for hydroxylation is 2. The van der Waals surface area contributed by atoms with Crippen LogP contribution < -0.4 is 0 Å². The van der Waals surface area contributed by atoms with Gasteiger partial charge in [-0.3, -0.25) is 4.79 Å². The van der Waals surface area contributed by atoms with Crippen LogP contribution in [0.15, 0.2) is 55.1 Å². The normalized spacial score (nSPS) is 10.7. The smallest absolute Gasteiger partial charge is 0.185 e. The van der Waals surface area contributed by atoms with E-state index in [1.165, 1.54) is 11.1 Å². The average Bonchev–Trinajstić information content (AvgIpc) is 2.48. The van der Waals surface area contributed by atoms with Crippen LogP contribution >= 0.6 is 0 Å².